The molecule has 0 fully saturated rings. The maximum Gasteiger partial charge on any atom is 0.262 e. The lowest BCUT2D eigenvalue weighted by atomic mass is 10.1. The minimum absolute atomic E-state index is 0.0289. The molecule has 2 aliphatic rings. The number of hydrogen-bond acceptors (Lipinski definition) is 6. The smallest absolute Gasteiger partial charge is 0.262 e. The first-order chi connectivity index (χ1) is 16.0. The number of aryl methyl sites for hydroxylation is 1. The van der Waals surface area contributed by atoms with Gasteiger partial charge in [0, 0.05) is 43.5 Å². The molecule has 1 aromatic carbocycles. The molecule has 0 saturated heterocycles. The average molecular weight is 466 g/mol. The molecule has 8 nitrogen and oxygen atoms in total. The maximum atomic E-state index is 13.2. The highest BCUT2D eigenvalue weighted by Gasteiger charge is 2.32. The number of rotatable bonds is 6. The summed E-state index contributed by atoms with van der Waals surface area (Å²) in [6.45, 7) is 6.15. The van der Waals surface area contributed by atoms with Gasteiger partial charge in [-0.1, -0.05) is 17.8 Å². The Morgan fingerprint density at radius 1 is 1.21 bits per heavy atom. The predicted octanol–water partition coefficient (Wildman–Crippen LogP) is 3.34. The number of pyridine rings is 1. The number of amides is 3. The molecule has 1 unspecified atom stereocenters. The predicted molar refractivity (Wildman–Crippen MR) is 131 cm³/mol. The number of anilines is 2. The number of nitrogens with one attached hydrogen (secondary N) is 1. The maximum absolute atomic E-state index is 13.2. The lowest BCUT2D eigenvalue weighted by Crippen LogP contribution is -2.35. The van der Waals surface area contributed by atoms with E-state index >= 15 is 0 Å². The molecule has 1 N–H and O–H groups in total. The normalized spacial score (nSPS) is 17.4. The summed E-state index contributed by atoms with van der Waals surface area (Å²) in [5.41, 5.74) is 2.77. The van der Waals surface area contributed by atoms with Gasteiger partial charge >= 0.3 is 0 Å². The quantitative estimate of drug-likeness (QED) is 0.703. The minimum atomic E-state index is -0.525. The van der Waals surface area contributed by atoms with E-state index in [2.05, 4.69) is 15.3 Å². The number of aliphatic imine (C=N–C) groups is 1. The summed E-state index contributed by atoms with van der Waals surface area (Å²) in [5.74, 6) is -0.689. The summed E-state index contributed by atoms with van der Waals surface area (Å²) < 4.78 is 0. The zero-order chi connectivity index (χ0) is 23.4. The van der Waals surface area contributed by atoms with Gasteiger partial charge in [-0.2, -0.15) is 4.99 Å². The Hall–Kier alpha value is -3.20. The van der Waals surface area contributed by atoms with Gasteiger partial charge in [-0.25, -0.2) is 0 Å². The molecule has 2 aromatic rings. The third-order valence-electron chi connectivity index (χ3n) is 5.72. The summed E-state index contributed by atoms with van der Waals surface area (Å²) in [6.07, 6.45) is 3.48. The first kappa shape index (κ1) is 23.0. The summed E-state index contributed by atoms with van der Waals surface area (Å²) in [4.78, 5) is 50.3. The van der Waals surface area contributed by atoms with Gasteiger partial charge in [-0.05, 0) is 57.0 Å². The minimum Gasteiger partial charge on any atom is -0.352 e. The van der Waals surface area contributed by atoms with Gasteiger partial charge in [-0.15, -0.1) is 0 Å². The lowest BCUT2D eigenvalue weighted by Gasteiger charge is -2.28. The van der Waals surface area contributed by atoms with Crippen molar-refractivity contribution in [3.05, 3.63) is 53.9 Å². The van der Waals surface area contributed by atoms with E-state index in [0.29, 0.717) is 23.0 Å². The van der Waals surface area contributed by atoms with Crippen molar-refractivity contribution >= 4 is 46.0 Å². The van der Waals surface area contributed by atoms with E-state index in [4.69, 9.17) is 0 Å². The van der Waals surface area contributed by atoms with E-state index in [1.165, 1.54) is 11.8 Å². The molecule has 0 saturated carbocycles. The third-order valence-corrected chi connectivity index (χ3v) is 6.94. The summed E-state index contributed by atoms with van der Waals surface area (Å²) >= 11 is 1.33. The van der Waals surface area contributed by atoms with Gasteiger partial charge in [0.15, 0.2) is 5.17 Å². The molecule has 3 heterocycles. The highest BCUT2D eigenvalue weighted by Crippen LogP contribution is 2.29. The SMILES string of the molecule is CCN(CC)C1=NC(=O)C(CC(=O)Nc2cccc(C(=O)N3CCCc4ncccc43)c2)S1. The van der Waals surface area contributed by atoms with Gasteiger partial charge < -0.3 is 15.1 Å². The van der Waals surface area contributed by atoms with E-state index < -0.39 is 5.25 Å². The molecule has 1 aromatic heterocycles. The monoisotopic (exact) mass is 465 g/mol. The molecule has 0 radical (unpaired) electrons. The fourth-order valence-corrected chi connectivity index (χ4v) is 5.20. The Bertz CT molecular complexity index is 1100. The molecule has 0 bridgehead atoms. The molecule has 9 heteroatoms. The van der Waals surface area contributed by atoms with Crippen LogP contribution in [0.2, 0.25) is 0 Å². The van der Waals surface area contributed by atoms with Crippen LogP contribution in [0.1, 0.15) is 42.7 Å². The van der Waals surface area contributed by atoms with Crippen LogP contribution in [0.4, 0.5) is 11.4 Å². The van der Waals surface area contributed by atoms with Crippen molar-refractivity contribution in [2.24, 2.45) is 4.99 Å². The Labute approximate surface area is 197 Å². The molecule has 172 valence electrons. The number of nitrogens with zero attached hydrogens (tertiary/aromatic N) is 4. The van der Waals surface area contributed by atoms with Gasteiger partial charge in [0.2, 0.25) is 5.91 Å². The average Bonchev–Trinajstić information content (AvgIpc) is 3.18. The topological polar surface area (TPSA) is 95.0 Å². The number of hydrogen-bond donors (Lipinski definition) is 1. The second-order valence-electron chi connectivity index (χ2n) is 7.87. The van der Waals surface area contributed by atoms with Crippen LogP contribution in [-0.2, 0) is 16.0 Å². The molecule has 2 aliphatic heterocycles. The molecule has 33 heavy (non-hydrogen) atoms. The second-order valence-corrected chi connectivity index (χ2v) is 9.04. The van der Waals surface area contributed by atoms with Crippen LogP contribution in [0.15, 0.2) is 47.6 Å². The van der Waals surface area contributed by atoms with Gasteiger partial charge in [0.05, 0.1) is 11.4 Å². The zero-order valence-corrected chi connectivity index (χ0v) is 19.6. The van der Waals surface area contributed by atoms with Crippen molar-refractivity contribution in [3.8, 4) is 0 Å². The van der Waals surface area contributed by atoms with Crippen LogP contribution in [-0.4, -0.2) is 57.7 Å². The highest BCUT2D eigenvalue weighted by atomic mass is 32.2. The Kier molecular flexibility index (Phi) is 7.08. The number of carbonyl (C=O) groups is 3. The Balaban J connectivity index is 1.40. The van der Waals surface area contributed by atoms with Crippen molar-refractivity contribution in [2.75, 3.05) is 29.9 Å². The third kappa shape index (κ3) is 5.08. The summed E-state index contributed by atoms with van der Waals surface area (Å²) in [6, 6.07) is 10.6. The summed E-state index contributed by atoms with van der Waals surface area (Å²) in [5, 5.41) is 2.97. The van der Waals surface area contributed by atoms with Crippen molar-refractivity contribution in [3.63, 3.8) is 0 Å². The molecule has 1 atom stereocenters. The molecular formula is C24H27N5O3S. The lowest BCUT2D eigenvalue weighted by molar-refractivity contribution is -0.121. The van der Waals surface area contributed by atoms with Crippen LogP contribution >= 0.6 is 11.8 Å². The number of aromatic nitrogens is 1. The van der Waals surface area contributed by atoms with Gasteiger partial charge in [0.1, 0.15) is 5.25 Å². The van der Waals surface area contributed by atoms with Crippen molar-refractivity contribution < 1.29 is 14.4 Å². The first-order valence-electron chi connectivity index (χ1n) is 11.2. The number of thioether (sulfide) groups is 1. The number of benzene rings is 1. The largest absolute Gasteiger partial charge is 0.352 e. The van der Waals surface area contributed by atoms with Crippen molar-refractivity contribution in [1.29, 1.82) is 0 Å². The van der Waals surface area contributed by atoms with E-state index in [9.17, 15) is 14.4 Å². The second kappa shape index (κ2) is 10.2. The van der Waals surface area contributed by atoms with Crippen LogP contribution in [0, 0.1) is 0 Å². The number of carbonyl (C=O) groups excluding carboxylic acids is 3. The first-order valence-corrected chi connectivity index (χ1v) is 12.1. The fourth-order valence-electron chi connectivity index (χ4n) is 4.01. The molecule has 0 spiro atoms. The Morgan fingerprint density at radius 2 is 2.03 bits per heavy atom. The Morgan fingerprint density at radius 3 is 2.82 bits per heavy atom. The van der Waals surface area contributed by atoms with Crippen LogP contribution in [0.5, 0.6) is 0 Å². The van der Waals surface area contributed by atoms with Crippen LogP contribution in [0.25, 0.3) is 0 Å². The molecule has 0 aliphatic carbocycles. The van der Waals surface area contributed by atoms with Crippen LogP contribution in [0.3, 0.4) is 0 Å². The molecular weight excluding hydrogens is 438 g/mol. The van der Waals surface area contributed by atoms with Gasteiger partial charge in [-0.3, -0.25) is 19.4 Å². The van der Waals surface area contributed by atoms with Crippen LogP contribution < -0.4 is 10.2 Å². The van der Waals surface area contributed by atoms with E-state index in [1.54, 1.807) is 35.4 Å². The number of amidine groups is 1. The molecule has 4 rings (SSSR count). The summed E-state index contributed by atoms with van der Waals surface area (Å²) in [7, 11) is 0. The van der Waals surface area contributed by atoms with E-state index in [0.717, 1.165) is 37.3 Å². The van der Waals surface area contributed by atoms with Crippen molar-refractivity contribution in [1.82, 2.24) is 9.88 Å². The standard InChI is InChI=1S/C24H27N5O3S/c1-3-28(4-2)24-27-22(31)20(33-24)15-21(30)26-17-9-5-8-16(14-17)23(32)29-13-7-10-18-19(29)11-6-12-25-18/h5-6,8-9,11-12,14,20H,3-4,7,10,13,15H2,1-2H3,(H,26,30). The highest BCUT2D eigenvalue weighted by molar-refractivity contribution is 8.15. The van der Waals surface area contributed by atoms with E-state index in [1.807, 2.05) is 30.9 Å². The zero-order valence-electron chi connectivity index (χ0n) is 18.8. The molecule has 3 amide bonds. The van der Waals surface area contributed by atoms with Gasteiger partial charge in [0.25, 0.3) is 11.8 Å². The number of fused-ring (bicyclic) bond motifs is 1. The van der Waals surface area contributed by atoms with E-state index in [-0.39, 0.29) is 24.1 Å². The van der Waals surface area contributed by atoms with Crippen molar-refractivity contribution in [2.45, 2.75) is 38.4 Å². The fraction of sp³-hybridized carbons (Fsp3) is 0.375.